The molecule has 1 aromatic rings. The molecule has 1 aliphatic heterocycles. The predicted octanol–water partition coefficient (Wildman–Crippen LogP) is 0.929. The minimum absolute atomic E-state index is 0.0225. The fraction of sp³-hybridized carbons (Fsp3) is 0.429. The monoisotopic (exact) mass is 278 g/mol. The normalized spacial score (nSPS) is 17.6. The Morgan fingerprint density at radius 1 is 1.35 bits per heavy atom. The highest BCUT2D eigenvalue weighted by Crippen LogP contribution is 2.16. The molecule has 0 aromatic heterocycles. The van der Waals surface area contributed by atoms with Crippen molar-refractivity contribution in [3.63, 3.8) is 0 Å². The van der Waals surface area contributed by atoms with Gasteiger partial charge in [-0.1, -0.05) is 0 Å². The van der Waals surface area contributed by atoms with Crippen molar-refractivity contribution in [2.75, 3.05) is 25.6 Å². The van der Waals surface area contributed by atoms with Crippen LogP contribution in [-0.2, 0) is 14.3 Å². The zero-order valence-electron chi connectivity index (χ0n) is 11.3. The van der Waals surface area contributed by atoms with Crippen LogP contribution in [0.25, 0.3) is 0 Å². The van der Waals surface area contributed by atoms with Gasteiger partial charge >= 0.3 is 5.97 Å². The van der Waals surface area contributed by atoms with Crippen LogP contribution in [-0.4, -0.2) is 38.2 Å². The fourth-order valence-corrected chi connectivity index (χ4v) is 1.97. The van der Waals surface area contributed by atoms with E-state index in [1.807, 2.05) is 0 Å². The number of amides is 1. The van der Waals surface area contributed by atoms with Crippen LogP contribution >= 0.6 is 0 Å². The lowest BCUT2D eigenvalue weighted by Crippen LogP contribution is -2.35. The lowest BCUT2D eigenvalue weighted by Gasteiger charge is -2.11. The fourth-order valence-electron chi connectivity index (χ4n) is 1.97. The Kier molecular flexibility index (Phi) is 4.95. The summed E-state index contributed by atoms with van der Waals surface area (Å²) in [5, 5.41) is 5.98. The third kappa shape index (κ3) is 3.96. The van der Waals surface area contributed by atoms with Gasteiger partial charge < -0.3 is 20.1 Å². The Balaban J connectivity index is 1.84. The van der Waals surface area contributed by atoms with Crippen molar-refractivity contribution in [3.05, 3.63) is 24.3 Å². The zero-order valence-corrected chi connectivity index (χ0v) is 11.3. The number of carbonyl (C=O) groups is 2. The molecular formula is C14H18N2O4. The van der Waals surface area contributed by atoms with E-state index in [2.05, 4.69) is 15.4 Å². The number of ether oxygens (including phenoxy) is 2. The number of carbonyl (C=O) groups excluding carboxylic acids is 2. The molecule has 108 valence electrons. The molecule has 1 aliphatic rings. The Morgan fingerprint density at radius 2 is 2.10 bits per heavy atom. The van der Waals surface area contributed by atoms with Crippen LogP contribution in [0.15, 0.2) is 24.3 Å². The van der Waals surface area contributed by atoms with Crippen LogP contribution in [0.5, 0.6) is 5.75 Å². The molecule has 6 heteroatoms. The summed E-state index contributed by atoms with van der Waals surface area (Å²) in [5.74, 6) is 0.0906. The van der Waals surface area contributed by atoms with E-state index in [1.54, 1.807) is 24.3 Å². The molecule has 1 heterocycles. The summed E-state index contributed by atoms with van der Waals surface area (Å²) in [6.45, 7) is 0.757. The minimum atomic E-state index is -0.435. The van der Waals surface area contributed by atoms with Crippen molar-refractivity contribution in [1.82, 2.24) is 5.32 Å². The number of benzene rings is 1. The highest BCUT2D eigenvalue weighted by Gasteiger charge is 2.21. The molecule has 0 spiro atoms. The lowest BCUT2D eigenvalue weighted by atomic mass is 10.2. The van der Waals surface area contributed by atoms with E-state index in [9.17, 15) is 9.59 Å². The predicted molar refractivity (Wildman–Crippen MR) is 73.6 cm³/mol. The molecule has 2 N–H and O–H groups in total. The molecule has 0 unspecified atom stereocenters. The first-order chi connectivity index (χ1) is 9.69. The average molecular weight is 278 g/mol. The Labute approximate surface area is 117 Å². The van der Waals surface area contributed by atoms with Crippen molar-refractivity contribution in [3.8, 4) is 5.75 Å². The van der Waals surface area contributed by atoms with Crippen LogP contribution in [0.1, 0.15) is 12.8 Å². The Morgan fingerprint density at radius 3 is 2.70 bits per heavy atom. The largest absolute Gasteiger partial charge is 0.482 e. The van der Waals surface area contributed by atoms with E-state index < -0.39 is 5.97 Å². The third-order valence-electron chi connectivity index (χ3n) is 3.08. The van der Waals surface area contributed by atoms with Gasteiger partial charge in [0.1, 0.15) is 5.75 Å². The number of hydrogen-bond acceptors (Lipinski definition) is 5. The summed E-state index contributed by atoms with van der Waals surface area (Å²) in [4.78, 5) is 22.8. The van der Waals surface area contributed by atoms with Crippen LogP contribution in [0, 0.1) is 0 Å². The van der Waals surface area contributed by atoms with Crippen LogP contribution < -0.4 is 15.4 Å². The summed E-state index contributed by atoms with van der Waals surface area (Å²) in [5.41, 5.74) is 0.703. The SMILES string of the molecule is COC(=O)COc1ccc(NC(=O)[C@@H]2CCCN2)cc1. The quantitative estimate of drug-likeness (QED) is 0.784. The second-order valence-corrected chi connectivity index (χ2v) is 4.53. The Hall–Kier alpha value is -2.08. The average Bonchev–Trinajstić information content (AvgIpc) is 3.00. The van der Waals surface area contributed by atoms with Crippen molar-refractivity contribution in [1.29, 1.82) is 0 Å². The number of methoxy groups -OCH3 is 1. The van der Waals surface area contributed by atoms with Gasteiger partial charge in [-0.25, -0.2) is 4.79 Å². The number of nitrogens with one attached hydrogen (secondary N) is 2. The summed E-state index contributed by atoms with van der Waals surface area (Å²) in [7, 11) is 1.31. The van der Waals surface area contributed by atoms with Gasteiger partial charge in [-0.2, -0.15) is 0 Å². The molecule has 1 fully saturated rings. The summed E-state index contributed by atoms with van der Waals surface area (Å²) < 4.78 is 9.70. The molecule has 1 saturated heterocycles. The second kappa shape index (κ2) is 6.91. The Bertz CT molecular complexity index is 467. The number of anilines is 1. The maximum atomic E-state index is 11.9. The number of esters is 1. The van der Waals surface area contributed by atoms with E-state index in [4.69, 9.17) is 4.74 Å². The molecule has 2 rings (SSSR count). The van der Waals surface area contributed by atoms with Gasteiger partial charge in [-0.3, -0.25) is 4.79 Å². The van der Waals surface area contributed by atoms with Crippen molar-refractivity contribution >= 4 is 17.6 Å². The molecule has 1 atom stereocenters. The first-order valence-electron chi connectivity index (χ1n) is 6.53. The smallest absolute Gasteiger partial charge is 0.343 e. The van der Waals surface area contributed by atoms with E-state index in [-0.39, 0.29) is 18.6 Å². The zero-order chi connectivity index (χ0) is 14.4. The molecule has 20 heavy (non-hydrogen) atoms. The molecular weight excluding hydrogens is 260 g/mol. The van der Waals surface area contributed by atoms with Crippen LogP contribution in [0.2, 0.25) is 0 Å². The maximum absolute atomic E-state index is 11.9. The van der Waals surface area contributed by atoms with E-state index in [1.165, 1.54) is 7.11 Å². The van der Waals surface area contributed by atoms with Gasteiger partial charge in [-0.05, 0) is 43.7 Å². The molecule has 1 amide bonds. The first kappa shape index (κ1) is 14.3. The van der Waals surface area contributed by atoms with E-state index >= 15 is 0 Å². The maximum Gasteiger partial charge on any atom is 0.343 e. The highest BCUT2D eigenvalue weighted by molar-refractivity contribution is 5.95. The molecule has 0 saturated carbocycles. The van der Waals surface area contributed by atoms with Crippen LogP contribution in [0.3, 0.4) is 0 Å². The van der Waals surface area contributed by atoms with Gasteiger partial charge in [0.25, 0.3) is 0 Å². The molecule has 0 radical (unpaired) electrons. The van der Waals surface area contributed by atoms with E-state index in [0.717, 1.165) is 19.4 Å². The molecule has 6 nitrogen and oxygen atoms in total. The molecule has 0 aliphatic carbocycles. The molecule has 0 bridgehead atoms. The van der Waals surface area contributed by atoms with Gasteiger partial charge in [0.05, 0.1) is 13.2 Å². The highest BCUT2D eigenvalue weighted by atomic mass is 16.6. The number of rotatable bonds is 5. The lowest BCUT2D eigenvalue weighted by molar-refractivity contribution is -0.142. The van der Waals surface area contributed by atoms with Gasteiger partial charge in [-0.15, -0.1) is 0 Å². The van der Waals surface area contributed by atoms with Crippen molar-refractivity contribution < 1.29 is 19.1 Å². The van der Waals surface area contributed by atoms with Gasteiger partial charge in [0.15, 0.2) is 6.61 Å². The van der Waals surface area contributed by atoms with Gasteiger partial charge in [0, 0.05) is 5.69 Å². The van der Waals surface area contributed by atoms with Gasteiger partial charge in [0.2, 0.25) is 5.91 Å². The summed E-state index contributed by atoms with van der Waals surface area (Å²) in [6.07, 6.45) is 1.89. The van der Waals surface area contributed by atoms with Crippen LogP contribution in [0.4, 0.5) is 5.69 Å². The third-order valence-corrected chi connectivity index (χ3v) is 3.08. The topological polar surface area (TPSA) is 76.7 Å². The van der Waals surface area contributed by atoms with Crippen molar-refractivity contribution in [2.24, 2.45) is 0 Å². The number of hydrogen-bond donors (Lipinski definition) is 2. The first-order valence-corrected chi connectivity index (χ1v) is 6.53. The van der Waals surface area contributed by atoms with Crippen molar-refractivity contribution in [2.45, 2.75) is 18.9 Å². The van der Waals surface area contributed by atoms with E-state index in [0.29, 0.717) is 11.4 Å². The second-order valence-electron chi connectivity index (χ2n) is 4.53. The summed E-state index contributed by atoms with van der Waals surface area (Å²) in [6, 6.07) is 6.76. The minimum Gasteiger partial charge on any atom is -0.482 e. The summed E-state index contributed by atoms with van der Waals surface area (Å²) >= 11 is 0. The molecule has 1 aromatic carbocycles. The standard InChI is InChI=1S/C14H18N2O4/c1-19-13(17)9-20-11-6-4-10(5-7-11)16-14(18)12-3-2-8-15-12/h4-7,12,15H,2-3,8-9H2,1H3,(H,16,18)/t12-/m0/s1.